The van der Waals surface area contributed by atoms with Gasteiger partial charge in [0.25, 0.3) is 0 Å². The largest absolute Gasteiger partial charge is 0.379 e. The summed E-state index contributed by atoms with van der Waals surface area (Å²) in [5, 5.41) is 5.20. The number of nitrogens with zero attached hydrogens (tertiary/aromatic N) is 1. The summed E-state index contributed by atoms with van der Waals surface area (Å²) in [6.07, 6.45) is 3.79. The van der Waals surface area contributed by atoms with Crippen molar-refractivity contribution >= 4 is 28.2 Å². The summed E-state index contributed by atoms with van der Waals surface area (Å²) < 4.78 is 5.60. The molecule has 1 aliphatic heterocycles. The van der Waals surface area contributed by atoms with Gasteiger partial charge in [-0.15, -0.1) is 0 Å². The van der Waals surface area contributed by atoms with E-state index in [0.717, 1.165) is 36.0 Å². The Bertz CT molecular complexity index is 611. The van der Waals surface area contributed by atoms with Crippen molar-refractivity contribution in [3.8, 4) is 0 Å². The van der Waals surface area contributed by atoms with Crippen LogP contribution in [0.4, 0.5) is 5.69 Å². The molecular weight excluding hydrogens is 274 g/mol. The molecule has 0 spiro atoms. The van der Waals surface area contributed by atoms with Gasteiger partial charge in [0.2, 0.25) is 0 Å². The summed E-state index contributed by atoms with van der Waals surface area (Å²) in [4.78, 5) is 4.44. The topological polar surface area (TPSA) is 60.2 Å². The van der Waals surface area contributed by atoms with Crippen LogP contribution in [-0.4, -0.2) is 30.3 Å². The summed E-state index contributed by atoms with van der Waals surface area (Å²) in [6, 6.07) is 7.72. The molecule has 0 amide bonds. The third-order valence-corrected chi connectivity index (χ3v) is 4.16. The zero-order chi connectivity index (χ0) is 14.0. The number of hydrogen-bond acceptors (Lipinski definition) is 4. The Labute approximate surface area is 123 Å². The molecule has 0 saturated carbocycles. The molecule has 1 atom stereocenters. The fraction of sp³-hybridized carbons (Fsp3) is 0.400. The predicted octanol–water partition coefficient (Wildman–Crippen LogP) is 2.81. The molecule has 2 aromatic rings. The maximum Gasteiger partial charge on any atom is 0.0948 e. The second-order valence-corrected chi connectivity index (χ2v) is 5.67. The molecule has 20 heavy (non-hydrogen) atoms. The van der Waals surface area contributed by atoms with E-state index >= 15 is 0 Å². The number of pyridine rings is 1. The van der Waals surface area contributed by atoms with Crippen molar-refractivity contribution in [1.82, 2.24) is 4.98 Å². The van der Waals surface area contributed by atoms with E-state index in [1.807, 2.05) is 24.3 Å². The highest BCUT2D eigenvalue weighted by molar-refractivity contribution is 6.35. The average Bonchev–Trinajstić information content (AvgIpc) is 2.51. The molecule has 4 nitrogen and oxygen atoms in total. The molecule has 2 heterocycles. The number of benzene rings is 1. The number of aromatic nitrogens is 1. The highest BCUT2D eigenvalue weighted by Crippen LogP contribution is 2.31. The highest BCUT2D eigenvalue weighted by atomic mass is 35.5. The fourth-order valence-electron chi connectivity index (χ4n) is 2.69. The summed E-state index contributed by atoms with van der Waals surface area (Å²) in [7, 11) is 0. The lowest BCUT2D eigenvalue weighted by Crippen LogP contribution is -2.51. The molecule has 1 unspecified atom stereocenters. The smallest absolute Gasteiger partial charge is 0.0948 e. The third kappa shape index (κ3) is 2.46. The van der Waals surface area contributed by atoms with Crippen LogP contribution in [-0.2, 0) is 4.74 Å². The van der Waals surface area contributed by atoms with E-state index in [0.29, 0.717) is 18.2 Å². The van der Waals surface area contributed by atoms with E-state index in [-0.39, 0.29) is 5.54 Å². The zero-order valence-corrected chi connectivity index (χ0v) is 12.0. The van der Waals surface area contributed by atoms with E-state index in [2.05, 4.69) is 10.3 Å². The Kier molecular flexibility index (Phi) is 3.78. The second kappa shape index (κ2) is 5.56. The highest BCUT2D eigenvalue weighted by Gasteiger charge is 2.31. The molecule has 0 bridgehead atoms. The van der Waals surface area contributed by atoms with Crippen LogP contribution in [0.15, 0.2) is 30.5 Å². The van der Waals surface area contributed by atoms with E-state index < -0.39 is 0 Å². The standard InChI is InChI=1S/C15H18ClN3O/c16-12-4-5-13(14-11(12)3-1-7-18-14)19-15(9-17)6-2-8-20-10-15/h1,3-5,7,19H,2,6,8-10,17H2. The molecule has 1 aliphatic rings. The molecule has 106 valence electrons. The molecule has 0 radical (unpaired) electrons. The number of ether oxygens (including phenoxy) is 1. The maximum atomic E-state index is 6.22. The number of rotatable bonds is 3. The van der Waals surface area contributed by atoms with E-state index in [1.165, 1.54) is 0 Å². The lowest BCUT2D eigenvalue weighted by molar-refractivity contribution is 0.0503. The number of hydrogen-bond donors (Lipinski definition) is 2. The molecule has 1 aromatic heterocycles. The normalized spacial score (nSPS) is 22.9. The van der Waals surface area contributed by atoms with E-state index in [9.17, 15) is 0 Å². The van der Waals surface area contributed by atoms with Gasteiger partial charge in [-0.25, -0.2) is 0 Å². The number of nitrogens with one attached hydrogen (secondary N) is 1. The van der Waals surface area contributed by atoms with Gasteiger partial charge in [0.05, 0.1) is 28.4 Å². The van der Waals surface area contributed by atoms with E-state index in [4.69, 9.17) is 22.1 Å². The predicted molar refractivity (Wildman–Crippen MR) is 82.2 cm³/mol. The van der Waals surface area contributed by atoms with E-state index in [1.54, 1.807) is 6.20 Å². The number of fused-ring (bicyclic) bond motifs is 1. The van der Waals surface area contributed by atoms with Crippen LogP contribution in [0, 0.1) is 0 Å². The average molecular weight is 292 g/mol. The SMILES string of the molecule is NCC1(Nc2ccc(Cl)c3cccnc23)CCCOC1. The summed E-state index contributed by atoms with van der Waals surface area (Å²) in [6.45, 7) is 1.97. The first-order valence-electron chi connectivity index (χ1n) is 6.83. The van der Waals surface area contributed by atoms with Gasteiger partial charge in [-0.05, 0) is 37.1 Å². The summed E-state index contributed by atoms with van der Waals surface area (Å²) >= 11 is 6.22. The van der Waals surface area contributed by atoms with Crippen LogP contribution in [0.1, 0.15) is 12.8 Å². The van der Waals surface area contributed by atoms with Crippen LogP contribution >= 0.6 is 11.6 Å². The maximum absolute atomic E-state index is 6.22. The van der Waals surface area contributed by atoms with Crippen LogP contribution in [0.5, 0.6) is 0 Å². The van der Waals surface area contributed by atoms with Gasteiger partial charge < -0.3 is 15.8 Å². The van der Waals surface area contributed by atoms with Gasteiger partial charge in [-0.1, -0.05) is 11.6 Å². The summed E-state index contributed by atoms with van der Waals surface area (Å²) in [5.41, 5.74) is 7.59. The monoisotopic (exact) mass is 291 g/mol. The van der Waals surface area contributed by atoms with Crippen molar-refractivity contribution in [2.75, 3.05) is 25.1 Å². The van der Waals surface area contributed by atoms with Crippen LogP contribution in [0.25, 0.3) is 10.9 Å². The third-order valence-electron chi connectivity index (χ3n) is 3.83. The molecule has 1 aromatic carbocycles. The molecule has 3 rings (SSSR count). The minimum Gasteiger partial charge on any atom is -0.379 e. The Morgan fingerprint density at radius 3 is 3.05 bits per heavy atom. The molecule has 1 fully saturated rings. The van der Waals surface area contributed by atoms with Crippen molar-refractivity contribution in [3.05, 3.63) is 35.5 Å². The number of halogens is 1. The van der Waals surface area contributed by atoms with Gasteiger partial charge in [0.1, 0.15) is 0 Å². The van der Waals surface area contributed by atoms with Crippen LogP contribution < -0.4 is 11.1 Å². The van der Waals surface area contributed by atoms with Gasteiger partial charge in [-0.3, -0.25) is 4.98 Å². The quantitative estimate of drug-likeness (QED) is 0.913. The van der Waals surface area contributed by atoms with Crippen molar-refractivity contribution in [2.24, 2.45) is 5.73 Å². The van der Waals surface area contributed by atoms with Crippen molar-refractivity contribution in [3.63, 3.8) is 0 Å². The van der Waals surface area contributed by atoms with Crippen LogP contribution in [0.3, 0.4) is 0 Å². The molecular formula is C15H18ClN3O. The first kappa shape index (κ1) is 13.6. The Morgan fingerprint density at radius 2 is 2.30 bits per heavy atom. The van der Waals surface area contributed by atoms with Gasteiger partial charge in [0, 0.05) is 24.7 Å². The van der Waals surface area contributed by atoms with Gasteiger partial charge in [-0.2, -0.15) is 0 Å². The minimum absolute atomic E-state index is 0.212. The van der Waals surface area contributed by atoms with Gasteiger partial charge >= 0.3 is 0 Å². The molecule has 3 N–H and O–H groups in total. The Morgan fingerprint density at radius 1 is 1.40 bits per heavy atom. The fourth-order valence-corrected chi connectivity index (χ4v) is 2.90. The van der Waals surface area contributed by atoms with Crippen molar-refractivity contribution in [1.29, 1.82) is 0 Å². The lowest BCUT2D eigenvalue weighted by atomic mass is 9.92. The number of nitrogens with two attached hydrogens (primary N) is 1. The van der Waals surface area contributed by atoms with Crippen LogP contribution in [0.2, 0.25) is 5.02 Å². The Balaban J connectivity index is 2.00. The van der Waals surface area contributed by atoms with Gasteiger partial charge in [0.15, 0.2) is 0 Å². The van der Waals surface area contributed by atoms with Crippen molar-refractivity contribution in [2.45, 2.75) is 18.4 Å². The first-order chi connectivity index (χ1) is 9.74. The van der Waals surface area contributed by atoms with Crippen molar-refractivity contribution < 1.29 is 4.74 Å². The summed E-state index contributed by atoms with van der Waals surface area (Å²) in [5.74, 6) is 0. The first-order valence-corrected chi connectivity index (χ1v) is 7.21. The second-order valence-electron chi connectivity index (χ2n) is 5.26. The molecule has 1 saturated heterocycles. The Hall–Kier alpha value is -1.36. The number of anilines is 1. The lowest BCUT2D eigenvalue weighted by Gasteiger charge is -2.37. The zero-order valence-electron chi connectivity index (χ0n) is 11.2. The molecule has 5 heteroatoms. The minimum atomic E-state index is -0.212. The molecule has 0 aliphatic carbocycles.